The average molecular weight is 230 g/mol. The highest BCUT2D eigenvalue weighted by Gasteiger charge is 2.09. The molecular formula is C14H18N2O. The number of rotatable bonds is 4. The van der Waals surface area contributed by atoms with Crippen molar-refractivity contribution in [3.05, 3.63) is 29.8 Å². The maximum atomic E-state index is 11.8. The third-order valence-corrected chi connectivity index (χ3v) is 2.56. The Kier molecular flexibility index (Phi) is 4.59. The summed E-state index contributed by atoms with van der Waals surface area (Å²) in [5.41, 5.74) is 1.69. The van der Waals surface area contributed by atoms with Crippen molar-refractivity contribution >= 4 is 11.6 Å². The van der Waals surface area contributed by atoms with E-state index >= 15 is 0 Å². The van der Waals surface area contributed by atoms with E-state index in [0.29, 0.717) is 5.56 Å². The van der Waals surface area contributed by atoms with E-state index in [0.717, 1.165) is 12.1 Å². The molecule has 0 aliphatic heterocycles. The molecule has 0 spiro atoms. The fourth-order valence-electron chi connectivity index (χ4n) is 1.41. The second kappa shape index (κ2) is 5.95. The van der Waals surface area contributed by atoms with Crippen LogP contribution in [0, 0.1) is 12.3 Å². The Labute approximate surface area is 103 Å². The summed E-state index contributed by atoms with van der Waals surface area (Å²) in [5.74, 6) is 2.42. The molecule has 1 aromatic carbocycles. The molecule has 1 aromatic rings. The number of hydrogen-bond acceptors (Lipinski definition) is 2. The van der Waals surface area contributed by atoms with Crippen LogP contribution in [0.4, 0.5) is 5.69 Å². The minimum atomic E-state index is -0.198. The number of carbonyl (C=O) groups excluding carboxylic acids is 1. The molecule has 1 amide bonds. The second-order valence-electron chi connectivity index (χ2n) is 4.04. The largest absolute Gasteiger partial charge is 0.378 e. The van der Waals surface area contributed by atoms with Crippen LogP contribution in [-0.4, -0.2) is 26.0 Å². The molecule has 0 saturated carbocycles. The molecule has 3 nitrogen and oxygen atoms in total. The van der Waals surface area contributed by atoms with Gasteiger partial charge in [-0.1, -0.05) is 12.8 Å². The van der Waals surface area contributed by atoms with E-state index in [1.54, 1.807) is 12.1 Å². The molecule has 1 unspecified atom stereocenters. The number of benzene rings is 1. The lowest BCUT2D eigenvalue weighted by Gasteiger charge is -2.14. The monoisotopic (exact) mass is 230 g/mol. The predicted molar refractivity (Wildman–Crippen MR) is 71.1 cm³/mol. The molecule has 0 heterocycles. The van der Waals surface area contributed by atoms with Crippen LogP contribution < -0.4 is 10.2 Å². The zero-order valence-electron chi connectivity index (χ0n) is 10.5. The number of amides is 1. The van der Waals surface area contributed by atoms with Crippen LogP contribution in [0.1, 0.15) is 23.7 Å². The highest BCUT2D eigenvalue weighted by molar-refractivity contribution is 5.94. The van der Waals surface area contributed by atoms with Crippen LogP contribution in [0.5, 0.6) is 0 Å². The highest BCUT2D eigenvalue weighted by atomic mass is 16.1. The number of carbonyl (C=O) groups is 1. The van der Waals surface area contributed by atoms with Crippen LogP contribution in [-0.2, 0) is 0 Å². The van der Waals surface area contributed by atoms with Crippen molar-refractivity contribution < 1.29 is 4.79 Å². The molecular weight excluding hydrogens is 212 g/mol. The Morgan fingerprint density at radius 2 is 2.00 bits per heavy atom. The normalized spacial score (nSPS) is 11.4. The van der Waals surface area contributed by atoms with Crippen molar-refractivity contribution in [3.8, 4) is 12.3 Å². The predicted octanol–water partition coefficient (Wildman–Crippen LogP) is 1.89. The number of nitrogens with one attached hydrogen (secondary N) is 1. The molecule has 1 atom stereocenters. The fraction of sp³-hybridized carbons (Fsp3) is 0.357. The molecule has 1 N–H and O–H groups in total. The molecule has 0 radical (unpaired) electrons. The first-order valence-corrected chi connectivity index (χ1v) is 5.62. The van der Waals surface area contributed by atoms with E-state index in [9.17, 15) is 4.79 Å². The summed E-state index contributed by atoms with van der Waals surface area (Å²) in [6.45, 7) is 1.94. The molecule has 0 aliphatic rings. The van der Waals surface area contributed by atoms with Gasteiger partial charge in [0, 0.05) is 25.3 Å². The lowest BCUT2D eigenvalue weighted by Crippen LogP contribution is -2.33. The molecule has 17 heavy (non-hydrogen) atoms. The minimum absolute atomic E-state index is 0.125. The van der Waals surface area contributed by atoms with Crippen LogP contribution in [0.2, 0.25) is 0 Å². The number of anilines is 1. The second-order valence-corrected chi connectivity index (χ2v) is 4.04. The Balaban J connectivity index is 2.74. The summed E-state index contributed by atoms with van der Waals surface area (Å²) in [6, 6.07) is 7.22. The first kappa shape index (κ1) is 13.1. The first-order valence-electron chi connectivity index (χ1n) is 5.62. The van der Waals surface area contributed by atoms with Gasteiger partial charge in [-0.05, 0) is 30.7 Å². The van der Waals surface area contributed by atoms with Gasteiger partial charge in [-0.2, -0.15) is 0 Å². The zero-order chi connectivity index (χ0) is 12.8. The summed E-state index contributed by atoms with van der Waals surface area (Å²) >= 11 is 0. The van der Waals surface area contributed by atoms with Crippen molar-refractivity contribution in [3.63, 3.8) is 0 Å². The summed E-state index contributed by atoms with van der Waals surface area (Å²) in [6.07, 6.45) is 6.04. The Hall–Kier alpha value is -1.95. The Morgan fingerprint density at radius 3 is 2.41 bits per heavy atom. The highest BCUT2D eigenvalue weighted by Crippen LogP contribution is 2.12. The van der Waals surface area contributed by atoms with Gasteiger partial charge in [0.15, 0.2) is 0 Å². The van der Waals surface area contributed by atoms with Crippen molar-refractivity contribution in [2.75, 3.05) is 19.0 Å². The molecule has 90 valence electrons. The third-order valence-electron chi connectivity index (χ3n) is 2.56. The van der Waals surface area contributed by atoms with E-state index in [1.807, 2.05) is 38.1 Å². The molecule has 0 aliphatic carbocycles. The van der Waals surface area contributed by atoms with Crippen molar-refractivity contribution in [1.29, 1.82) is 0 Å². The molecule has 0 saturated heterocycles. The lowest BCUT2D eigenvalue weighted by molar-refractivity contribution is 0.0945. The maximum absolute atomic E-state index is 11.8. The van der Waals surface area contributed by atoms with Crippen molar-refractivity contribution in [2.45, 2.75) is 19.4 Å². The number of terminal acetylenes is 1. The van der Waals surface area contributed by atoms with Gasteiger partial charge in [0.25, 0.3) is 5.91 Å². The summed E-state index contributed by atoms with van der Waals surface area (Å²) < 4.78 is 0. The summed E-state index contributed by atoms with van der Waals surface area (Å²) in [4.78, 5) is 13.8. The molecule has 0 aromatic heterocycles. The first-order chi connectivity index (χ1) is 8.08. The van der Waals surface area contributed by atoms with Gasteiger partial charge in [-0.15, -0.1) is 6.42 Å². The van der Waals surface area contributed by atoms with Gasteiger partial charge < -0.3 is 10.2 Å². The van der Waals surface area contributed by atoms with E-state index < -0.39 is 0 Å². The van der Waals surface area contributed by atoms with Crippen LogP contribution in [0.3, 0.4) is 0 Å². The van der Waals surface area contributed by atoms with E-state index in [2.05, 4.69) is 11.2 Å². The van der Waals surface area contributed by atoms with E-state index in [4.69, 9.17) is 6.42 Å². The maximum Gasteiger partial charge on any atom is 0.252 e. The number of nitrogens with zero attached hydrogens (tertiary/aromatic N) is 1. The minimum Gasteiger partial charge on any atom is -0.378 e. The fourth-order valence-corrected chi connectivity index (χ4v) is 1.41. The van der Waals surface area contributed by atoms with E-state index in [1.165, 1.54) is 0 Å². The molecule has 3 heteroatoms. The van der Waals surface area contributed by atoms with Crippen molar-refractivity contribution in [2.24, 2.45) is 0 Å². The molecule has 0 fully saturated rings. The van der Waals surface area contributed by atoms with Gasteiger partial charge in [0.2, 0.25) is 0 Å². The smallest absolute Gasteiger partial charge is 0.252 e. The Morgan fingerprint density at radius 1 is 1.41 bits per heavy atom. The van der Waals surface area contributed by atoms with Crippen LogP contribution in [0.15, 0.2) is 24.3 Å². The van der Waals surface area contributed by atoms with E-state index in [-0.39, 0.29) is 11.9 Å². The standard InChI is InChI=1S/C14H18N2O/c1-5-12(6-2)15-14(17)11-7-9-13(10-8-11)16(3)4/h1,7-10,12H,6H2,2-4H3,(H,15,17). The molecule has 1 rings (SSSR count). The van der Waals surface area contributed by atoms with Gasteiger partial charge in [-0.3, -0.25) is 4.79 Å². The SMILES string of the molecule is C#CC(CC)NC(=O)c1ccc(N(C)C)cc1. The summed E-state index contributed by atoms with van der Waals surface area (Å²) in [7, 11) is 3.92. The van der Waals surface area contributed by atoms with Crippen molar-refractivity contribution in [1.82, 2.24) is 5.32 Å². The van der Waals surface area contributed by atoms with Gasteiger partial charge in [-0.25, -0.2) is 0 Å². The zero-order valence-corrected chi connectivity index (χ0v) is 10.5. The topological polar surface area (TPSA) is 32.3 Å². The van der Waals surface area contributed by atoms with Crippen LogP contribution >= 0.6 is 0 Å². The number of hydrogen-bond donors (Lipinski definition) is 1. The van der Waals surface area contributed by atoms with Gasteiger partial charge >= 0.3 is 0 Å². The lowest BCUT2D eigenvalue weighted by atomic mass is 10.1. The third kappa shape index (κ3) is 3.53. The summed E-state index contributed by atoms with van der Waals surface area (Å²) in [5, 5.41) is 2.79. The quantitative estimate of drug-likeness (QED) is 0.801. The van der Waals surface area contributed by atoms with Crippen LogP contribution in [0.25, 0.3) is 0 Å². The molecule has 0 bridgehead atoms. The Bertz CT molecular complexity index is 415. The average Bonchev–Trinajstić information content (AvgIpc) is 2.35. The van der Waals surface area contributed by atoms with Gasteiger partial charge in [0.05, 0.1) is 6.04 Å². The van der Waals surface area contributed by atoms with Gasteiger partial charge in [0.1, 0.15) is 0 Å².